The highest BCUT2D eigenvalue weighted by Crippen LogP contribution is 2.40. The van der Waals surface area contributed by atoms with Crippen LogP contribution in [0.2, 0.25) is 0 Å². The van der Waals surface area contributed by atoms with Crippen LogP contribution in [-0.2, 0) is 17.4 Å². The van der Waals surface area contributed by atoms with Gasteiger partial charge in [-0.1, -0.05) is 44.0 Å². The number of nitrogens with zero attached hydrogens (tertiary/aromatic N) is 1. The number of rotatable bonds is 4. The predicted molar refractivity (Wildman–Crippen MR) is 96.5 cm³/mol. The van der Waals surface area contributed by atoms with E-state index >= 15 is 0 Å². The number of benzene rings is 1. The smallest absolute Gasteiger partial charge is 0.419 e. The van der Waals surface area contributed by atoms with E-state index in [1.165, 1.54) is 11.0 Å². The molecule has 1 heterocycles. The van der Waals surface area contributed by atoms with Crippen LogP contribution in [0.5, 0.6) is 5.75 Å². The predicted octanol–water partition coefficient (Wildman–Crippen LogP) is 4.99. The molecular formula is C19H22F3NO3S. The number of hydrogen-bond acceptors (Lipinski definition) is 4. The molecule has 1 N–H and O–H groups in total. The first-order valence-electron chi connectivity index (χ1n) is 9.00. The average molecular weight is 401 g/mol. The van der Waals surface area contributed by atoms with E-state index < -0.39 is 22.7 Å². The number of thioether (sulfide) groups is 1. The summed E-state index contributed by atoms with van der Waals surface area (Å²) in [6, 6.07) is 3.18. The van der Waals surface area contributed by atoms with E-state index in [2.05, 4.69) is 6.92 Å². The summed E-state index contributed by atoms with van der Waals surface area (Å²) in [4.78, 5) is 26.3. The minimum atomic E-state index is -4.68. The molecule has 148 valence electrons. The van der Waals surface area contributed by atoms with Gasteiger partial charge in [-0.15, -0.1) is 0 Å². The highest BCUT2D eigenvalue weighted by atomic mass is 32.2. The van der Waals surface area contributed by atoms with Crippen molar-refractivity contribution in [1.29, 1.82) is 0 Å². The summed E-state index contributed by atoms with van der Waals surface area (Å²) in [7, 11) is 0. The number of carbonyl (C=O) groups excluding carboxylic acids is 2. The molecule has 2 fully saturated rings. The maximum atomic E-state index is 13.0. The number of amides is 2. The summed E-state index contributed by atoms with van der Waals surface area (Å²) in [5.41, 5.74) is -0.945. The van der Waals surface area contributed by atoms with Crippen molar-refractivity contribution in [2.75, 3.05) is 6.54 Å². The molecule has 1 unspecified atom stereocenters. The molecule has 0 aromatic heterocycles. The normalized spacial score (nSPS) is 23.1. The highest BCUT2D eigenvalue weighted by molar-refractivity contribution is 8.15. The van der Waals surface area contributed by atoms with E-state index in [9.17, 15) is 27.9 Å². The SMILES string of the molecule is CC1(CN2C(=O)SC(Cc3ccc(O)c(C(F)(F)F)c3)C2=O)CCCCC1. The number of halogens is 3. The summed E-state index contributed by atoms with van der Waals surface area (Å²) < 4.78 is 38.9. The van der Waals surface area contributed by atoms with Gasteiger partial charge in [-0.05, 0) is 42.4 Å². The Morgan fingerprint density at radius 2 is 1.89 bits per heavy atom. The fraction of sp³-hybridized carbons (Fsp3) is 0.579. The molecule has 8 heteroatoms. The third-order valence-electron chi connectivity index (χ3n) is 5.39. The van der Waals surface area contributed by atoms with Crippen LogP contribution in [0.25, 0.3) is 0 Å². The number of imide groups is 1. The zero-order valence-corrected chi connectivity index (χ0v) is 15.8. The largest absolute Gasteiger partial charge is 0.507 e. The van der Waals surface area contributed by atoms with Crippen LogP contribution in [0.3, 0.4) is 0 Å². The fourth-order valence-electron chi connectivity index (χ4n) is 3.87. The van der Waals surface area contributed by atoms with Crippen LogP contribution < -0.4 is 0 Å². The summed E-state index contributed by atoms with van der Waals surface area (Å²) in [5, 5.41) is 8.37. The minimum Gasteiger partial charge on any atom is -0.507 e. The standard InChI is InChI=1S/C19H22F3NO3S/c1-18(7-3-2-4-8-18)11-23-16(25)15(27-17(23)26)10-12-5-6-14(24)13(9-12)19(20,21)22/h5-6,9,15,24H,2-4,7-8,10-11H2,1H3. The number of carbonyl (C=O) groups is 2. The van der Waals surface area contributed by atoms with Crippen molar-refractivity contribution >= 4 is 22.9 Å². The van der Waals surface area contributed by atoms with Gasteiger partial charge in [0.15, 0.2) is 0 Å². The van der Waals surface area contributed by atoms with Crippen molar-refractivity contribution in [1.82, 2.24) is 4.90 Å². The Labute approximate surface area is 160 Å². The molecule has 2 amide bonds. The Kier molecular flexibility index (Phi) is 5.47. The van der Waals surface area contributed by atoms with Gasteiger partial charge in [0.25, 0.3) is 5.24 Å². The van der Waals surface area contributed by atoms with Crippen LogP contribution in [-0.4, -0.2) is 32.9 Å². The van der Waals surface area contributed by atoms with Crippen LogP contribution >= 0.6 is 11.8 Å². The van der Waals surface area contributed by atoms with Crippen molar-refractivity contribution in [2.45, 2.75) is 56.9 Å². The monoisotopic (exact) mass is 401 g/mol. The maximum absolute atomic E-state index is 13.0. The third kappa shape index (κ3) is 4.42. The summed E-state index contributed by atoms with van der Waals surface area (Å²) >= 11 is 0.875. The molecule has 1 aliphatic heterocycles. The summed E-state index contributed by atoms with van der Waals surface area (Å²) in [6.45, 7) is 2.46. The van der Waals surface area contributed by atoms with Crippen LogP contribution in [0.1, 0.15) is 50.2 Å². The van der Waals surface area contributed by atoms with Crippen molar-refractivity contribution in [3.05, 3.63) is 29.3 Å². The van der Waals surface area contributed by atoms with E-state index in [1.54, 1.807) is 0 Å². The highest BCUT2D eigenvalue weighted by Gasteiger charge is 2.43. The molecule has 27 heavy (non-hydrogen) atoms. The molecular weight excluding hydrogens is 379 g/mol. The zero-order chi connectivity index (χ0) is 19.8. The molecule has 3 rings (SSSR count). The molecule has 4 nitrogen and oxygen atoms in total. The lowest BCUT2D eigenvalue weighted by Crippen LogP contribution is -2.41. The first kappa shape index (κ1) is 20.0. The van der Waals surface area contributed by atoms with Crippen molar-refractivity contribution in [3.63, 3.8) is 0 Å². The molecule has 0 spiro atoms. The molecule has 1 saturated heterocycles. The van der Waals surface area contributed by atoms with E-state index in [1.807, 2.05) is 0 Å². The van der Waals surface area contributed by atoms with Crippen molar-refractivity contribution in [3.8, 4) is 5.75 Å². The number of phenolic OH excluding ortho intramolecular Hbond substituents is 1. The lowest BCUT2D eigenvalue weighted by molar-refractivity contribution is -0.138. The molecule has 0 radical (unpaired) electrons. The van der Waals surface area contributed by atoms with Gasteiger partial charge in [0.05, 0.1) is 10.8 Å². The number of hydrogen-bond donors (Lipinski definition) is 1. The van der Waals surface area contributed by atoms with Gasteiger partial charge in [0, 0.05) is 6.54 Å². The first-order chi connectivity index (χ1) is 12.6. The van der Waals surface area contributed by atoms with Gasteiger partial charge < -0.3 is 5.11 Å². The Morgan fingerprint density at radius 1 is 1.22 bits per heavy atom. The molecule has 1 saturated carbocycles. The summed E-state index contributed by atoms with van der Waals surface area (Å²) in [5.74, 6) is -1.18. The van der Waals surface area contributed by atoms with Gasteiger partial charge in [-0.25, -0.2) is 0 Å². The third-order valence-corrected chi connectivity index (χ3v) is 6.47. The van der Waals surface area contributed by atoms with Crippen LogP contribution in [0.15, 0.2) is 18.2 Å². The Bertz CT molecular complexity index is 744. The lowest BCUT2D eigenvalue weighted by Gasteiger charge is -2.36. The number of phenols is 1. The average Bonchev–Trinajstić information content (AvgIpc) is 2.83. The first-order valence-corrected chi connectivity index (χ1v) is 9.88. The quantitative estimate of drug-likeness (QED) is 0.772. The van der Waals surface area contributed by atoms with Crippen molar-refractivity contribution < 1.29 is 27.9 Å². The molecule has 1 aromatic rings. The Hall–Kier alpha value is -1.70. The van der Waals surface area contributed by atoms with Crippen LogP contribution in [0, 0.1) is 5.41 Å². The van der Waals surface area contributed by atoms with Crippen molar-refractivity contribution in [2.24, 2.45) is 5.41 Å². The topological polar surface area (TPSA) is 57.6 Å². The van der Waals surface area contributed by atoms with Crippen LogP contribution in [0.4, 0.5) is 18.0 Å². The molecule has 1 aromatic carbocycles. The second-order valence-corrected chi connectivity index (χ2v) is 8.88. The van der Waals surface area contributed by atoms with E-state index in [-0.39, 0.29) is 28.5 Å². The fourth-order valence-corrected chi connectivity index (χ4v) is 4.90. The Morgan fingerprint density at radius 3 is 2.52 bits per heavy atom. The van der Waals surface area contributed by atoms with Gasteiger partial charge >= 0.3 is 6.18 Å². The van der Waals surface area contributed by atoms with Gasteiger partial charge in [-0.3, -0.25) is 14.5 Å². The summed E-state index contributed by atoms with van der Waals surface area (Å²) in [6.07, 6.45) is 0.597. The maximum Gasteiger partial charge on any atom is 0.419 e. The number of aromatic hydroxyl groups is 1. The number of alkyl halides is 3. The molecule has 0 bridgehead atoms. The Balaban J connectivity index is 1.72. The second-order valence-electron chi connectivity index (χ2n) is 7.72. The lowest BCUT2D eigenvalue weighted by atomic mass is 9.75. The second kappa shape index (κ2) is 7.37. The van der Waals surface area contributed by atoms with Gasteiger partial charge in [-0.2, -0.15) is 13.2 Å². The van der Waals surface area contributed by atoms with E-state index in [4.69, 9.17) is 0 Å². The molecule has 1 atom stereocenters. The zero-order valence-electron chi connectivity index (χ0n) is 15.0. The van der Waals surface area contributed by atoms with E-state index in [0.717, 1.165) is 56.0 Å². The minimum absolute atomic E-state index is 0.0197. The van der Waals surface area contributed by atoms with E-state index in [0.29, 0.717) is 6.54 Å². The molecule has 2 aliphatic rings. The molecule has 1 aliphatic carbocycles. The van der Waals surface area contributed by atoms with Gasteiger partial charge in [0.2, 0.25) is 5.91 Å². The van der Waals surface area contributed by atoms with Gasteiger partial charge in [0.1, 0.15) is 5.75 Å².